The Morgan fingerprint density at radius 2 is 2.00 bits per heavy atom. The maximum atomic E-state index is 12.0. The van der Waals surface area contributed by atoms with Gasteiger partial charge in [0.2, 0.25) is 0 Å². The summed E-state index contributed by atoms with van der Waals surface area (Å²) in [6, 6.07) is 7.02. The molecule has 116 valence electrons. The summed E-state index contributed by atoms with van der Waals surface area (Å²) in [7, 11) is 1.83. The lowest BCUT2D eigenvalue weighted by atomic mass is 9.96. The molecule has 1 heterocycles. The largest absolute Gasteiger partial charge is 0.484 e. The van der Waals surface area contributed by atoms with Crippen LogP contribution in [0.25, 0.3) is 0 Å². The number of hydrogen-bond acceptors (Lipinski definition) is 3. The highest BCUT2D eigenvalue weighted by atomic mass is 35.5. The van der Waals surface area contributed by atoms with Gasteiger partial charge in [0, 0.05) is 31.8 Å². The average Bonchev–Trinajstić information content (AvgIpc) is 2.52. The Morgan fingerprint density at radius 3 is 2.67 bits per heavy atom. The molecule has 0 saturated carbocycles. The van der Waals surface area contributed by atoms with Gasteiger partial charge in [-0.15, -0.1) is 0 Å². The first-order valence-electron chi connectivity index (χ1n) is 7.35. The van der Waals surface area contributed by atoms with Crippen molar-refractivity contribution in [2.24, 2.45) is 5.92 Å². The highest BCUT2D eigenvalue weighted by Gasteiger charge is 2.16. The van der Waals surface area contributed by atoms with Crippen LogP contribution in [0.5, 0.6) is 5.75 Å². The number of ether oxygens (including phenoxy) is 2. The molecule has 1 aromatic rings. The van der Waals surface area contributed by atoms with Crippen molar-refractivity contribution >= 4 is 17.5 Å². The Hall–Kier alpha value is -1.26. The van der Waals surface area contributed by atoms with Crippen molar-refractivity contribution in [3.63, 3.8) is 0 Å². The van der Waals surface area contributed by atoms with Crippen LogP contribution in [-0.2, 0) is 9.53 Å². The van der Waals surface area contributed by atoms with E-state index in [1.165, 1.54) is 0 Å². The Balaban J connectivity index is 1.68. The number of amides is 1. The summed E-state index contributed by atoms with van der Waals surface area (Å²) in [6.45, 7) is 2.53. The molecule has 5 heteroatoms. The van der Waals surface area contributed by atoms with E-state index in [1.54, 1.807) is 29.2 Å². The SMILES string of the molecule is CN(CCC1CCOCC1)C(=O)COc1ccc(Cl)cc1. The Kier molecular flexibility index (Phi) is 6.33. The maximum absolute atomic E-state index is 12.0. The lowest BCUT2D eigenvalue weighted by Gasteiger charge is -2.24. The zero-order valence-electron chi connectivity index (χ0n) is 12.4. The summed E-state index contributed by atoms with van der Waals surface area (Å²) in [6.07, 6.45) is 3.24. The van der Waals surface area contributed by atoms with Gasteiger partial charge in [0.05, 0.1) is 0 Å². The number of carbonyl (C=O) groups is 1. The minimum Gasteiger partial charge on any atom is -0.484 e. The molecule has 1 fully saturated rings. The molecule has 0 spiro atoms. The Bertz CT molecular complexity index is 443. The predicted octanol–water partition coefficient (Wildman–Crippen LogP) is 2.99. The third-order valence-electron chi connectivity index (χ3n) is 3.82. The molecule has 1 aromatic carbocycles. The maximum Gasteiger partial charge on any atom is 0.260 e. The number of benzene rings is 1. The van der Waals surface area contributed by atoms with Crippen molar-refractivity contribution in [2.75, 3.05) is 33.4 Å². The Morgan fingerprint density at radius 1 is 1.33 bits per heavy atom. The topological polar surface area (TPSA) is 38.8 Å². The molecule has 21 heavy (non-hydrogen) atoms. The second kappa shape index (κ2) is 8.25. The zero-order valence-corrected chi connectivity index (χ0v) is 13.1. The van der Waals surface area contributed by atoms with Crippen molar-refractivity contribution < 1.29 is 14.3 Å². The van der Waals surface area contributed by atoms with Crippen LogP contribution >= 0.6 is 11.6 Å². The van der Waals surface area contributed by atoms with Gasteiger partial charge in [-0.2, -0.15) is 0 Å². The third-order valence-corrected chi connectivity index (χ3v) is 4.07. The van der Waals surface area contributed by atoms with Gasteiger partial charge < -0.3 is 14.4 Å². The number of carbonyl (C=O) groups excluding carboxylic acids is 1. The van der Waals surface area contributed by atoms with E-state index in [2.05, 4.69) is 0 Å². The molecule has 0 aliphatic carbocycles. The van der Waals surface area contributed by atoms with Crippen molar-refractivity contribution in [1.29, 1.82) is 0 Å². The van der Waals surface area contributed by atoms with E-state index in [0.717, 1.165) is 39.0 Å². The van der Waals surface area contributed by atoms with Gasteiger partial charge in [0.15, 0.2) is 6.61 Å². The lowest BCUT2D eigenvalue weighted by molar-refractivity contribution is -0.132. The second-order valence-electron chi connectivity index (χ2n) is 5.40. The third kappa shape index (κ3) is 5.56. The van der Waals surface area contributed by atoms with Crippen LogP contribution in [0.2, 0.25) is 5.02 Å². The lowest BCUT2D eigenvalue weighted by Crippen LogP contribution is -2.33. The summed E-state index contributed by atoms with van der Waals surface area (Å²) in [5.74, 6) is 1.33. The first-order valence-corrected chi connectivity index (χ1v) is 7.73. The van der Waals surface area contributed by atoms with Crippen molar-refractivity contribution in [2.45, 2.75) is 19.3 Å². The molecule has 0 bridgehead atoms. The van der Waals surface area contributed by atoms with Gasteiger partial charge in [-0.05, 0) is 49.4 Å². The van der Waals surface area contributed by atoms with Crippen molar-refractivity contribution in [3.05, 3.63) is 29.3 Å². The molecule has 1 amide bonds. The molecule has 0 aromatic heterocycles. The highest BCUT2D eigenvalue weighted by molar-refractivity contribution is 6.30. The first kappa shape index (κ1) is 16.1. The normalized spacial score (nSPS) is 15.7. The molecule has 2 rings (SSSR count). The quantitative estimate of drug-likeness (QED) is 0.810. The average molecular weight is 312 g/mol. The van der Waals surface area contributed by atoms with Crippen LogP contribution in [0.15, 0.2) is 24.3 Å². The smallest absolute Gasteiger partial charge is 0.260 e. The predicted molar refractivity (Wildman–Crippen MR) is 82.7 cm³/mol. The molecule has 4 nitrogen and oxygen atoms in total. The monoisotopic (exact) mass is 311 g/mol. The van der Waals surface area contributed by atoms with Crippen LogP contribution in [0.4, 0.5) is 0 Å². The standard InChI is InChI=1S/C16H22ClNO3/c1-18(9-6-13-7-10-20-11-8-13)16(19)12-21-15-4-2-14(17)3-5-15/h2-5,13H,6-12H2,1H3. The van der Waals surface area contributed by atoms with Crippen LogP contribution in [-0.4, -0.2) is 44.2 Å². The van der Waals surface area contributed by atoms with Gasteiger partial charge >= 0.3 is 0 Å². The van der Waals surface area contributed by atoms with E-state index in [4.69, 9.17) is 21.1 Å². The molecule has 0 unspecified atom stereocenters. The van der Waals surface area contributed by atoms with Gasteiger partial charge in [-0.1, -0.05) is 11.6 Å². The second-order valence-corrected chi connectivity index (χ2v) is 5.84. The summed E-state index contributed by atoms with van der Waals surface area (Å²) < 4.78 is 10.8. The molecule has 1 aliphatic rings. The molecule has 1 aliphatic heterocycles. The van der Waals surface area contributed by atoms with Crippen LogP contribution < -0.4 is 4.74 Å². The number of halogens is 1. The van der Waals surface area contributed by atoms with Gasteiger partial charge in [-0.25, -0.2) is 0 Å². The summed E-state index contributed by atoms with van der Waals surface area (Å²) in [5.41, 5.74) is 0. The summed E-state index contributed by atoms with van der Waals surface area (Å²) in [5, 5.41) is 0.655. The molecular weight excluding hydrogens is 290 g/mol. The van der Waals surface area contributed by atoms with E-state index < -0.39 is 0 Å². The fourth-order valence-corrected chi connectivity index (χ4v) is 2.45. The van der Waals surface area contributed by atoms with Gasteiger partial charge in [0.1, 0.15) is 5.75 Å². The summed E-state index contributed by atoms with van der Waals surface area (Å²) in [4.78, 5) is 13.7. The molecule has 0 N–H and O–H groups in total. The van der Waals surface area contributed by atoms with Crippen molar-refractivity contribution in [1.82, 2.24) is 4.90 Å². The van der Waals surface area contributed by atoms with E-state index in [0.29, 0.717) is 16.7 Å². The fourth-order valence-electron chi connectivity index (χ4n) is 2.32. The minimum absolute atomic E-state index is 0.00277. The van der Waals surface area contributed by atoms with Crippen molar-refractivity contribution in [3.8, 4) is 5.75 Å². The summed E-state index contributed by atoms with van der Waals surface area (Å²) >= 11 is 5.80. The molecule has 0 atom stereocenters. The van der Waals surface area contributed by atoms with E-state index in [9.17, 15) is 4.79 Å². The van der Waals surface area contributed by atoms with E-state index >= 15 is 0 Å². The van der Waals surface area contributed by atoms with Crippen LogP contribution in [0.3, 0.4) is 0 Å². The fraction of sp³-hybridized carbons (Fsp3) is 0.562. The number of hydrogen-bond donors (Lipinski definition) is 0. The number of likely N-dealkylation sites (N-methyl/N-ethyl adjacent to an activating group) is 1. The highest BCUT2D eigenvalue weighted by Crippen LogP contribution is 2.19. The van der Waals surface area contributed by atoms with Crippen LogP contribution in [0.1, 0.15) is 19.3 Å². The molecule has 0 radical (unpaired) electrons. The van der Waals surface area contributed by atoms with Crippen LogP contribution in [0, 0.1) is 5.92 Å². The van der Waals surface area contributed by atoms with Gasteiger partial charge in [0.25, 0.3) is 5.91 Å². The van der Waals surface area contributed by atoms with E-state index in [1.807, 2.05) is 7.05 Å². The van der Waals surface area contributed by atoms with Gasteiger partial charge in [-0.3, -0.25) is 4.79 Å². The zero-order chi connectivity index (χ0) is 15.1. The molecular formula is C16H22ClNO3. The molecule has 1 saturated heterocycles. The van der Waals surface area contributed by atoms with E-state index in [-0.39, 0.29) is 12.5 Å². The minimum atomic E-state index is -0.00277. The number of nitrogens with zero attached hydrogens (tertiary/aromatic N) is 1. The number of rotatable bonds is 6. The Labute approximate surface area is 131 Å². The first-order chi connectivity index (χ1) is 10.1.